The molecule has 0 N–H and O–H groups in total. The Hall–Kier alpha value is 0.0649. The summed E-state index contributed by atoms with van der Waals surface area (Å²) in [4.78, 5) is 0. The third kappa shape index (κ3) is 1.19. The molecule has 3 aliphatic carbocycles. The van der Waals surface area contributed by atoms with Gasteiger partial charge in [0.1, 0.15) is 6.71 Å². The summed E-state index contributed by atoms with van der Waals surface area (Å²) < 4.78 is 0. The topological polar surface area (TPSA) is 0 Å². The number of rotatable bonds is 1. The van der Waals surface area contributed by atoms with Gasteiger partial charge in [-0.25, -0.2) is 0 Å². The van der Waals surface area contributed by atoms with Crippen LogP contribution in [-0.4, -0.2) is 6.71 Å². The highest BCUT2D eigenvalue weighted by Crippen LogP contribution is 2.64. The predicted octanol–water partition coefficient (Wildman–Crippen LogP) is 3.81. The predicted molar refractivity (Wildman–Crippen MR) is 60.4 cm³/mol. The molecule has 0 amide bonds. The molecule has 4 atom stereocenters. The third-order valence-electron chi connectivity index (χ3n) is 5.27. The average Bonchev–Trinajstić information content (AvgIpc) is 2.02. The molecule has 0 spiro atoms. The fourth-order valence-electron chi connectivity index (χ4n) is 4.07. The quantitative estimate of drug-likeness (QED) is 0.535. The highest BCUT2D eigenvalue weighted by Gasteiger charge is 2.56. The lowest BCUT2D eigenvalue weighted by atomic mass is 9.31. The van der Waals surface area contributed by atoms with E-state index in [0.29, 0.717) is 5.41 Å². The minimum atomic E-state index is 0.671. The number of fused-ring (bicyclic) bond motifs is 2. The highest BCUT2D eigenvalue weighted by molar-refractivity contribution is 6.57. The molecule has 0 saturated heterocycles. The third-order valence-corrected chi connectivity index (χ3v) is 5.27. The van der Waals surface area contributed by atoms with Crippen LogP contribution >= 0.6 is 0 Å². The van der Waals surface area contributed by atoms with E-state index in [2.05, 4.69) is 34.4 Å². The van der Waals surface area contributed by atoms with Crippen molar-refractivity contribution in [3.05, 3.63) is 0 Å². The number of hydrogen-bond acceptors (Lipinski definition) is 0. The lowest BCUT2D eigenvalue weighted by Gasteiger charge is -2.63. The summed E-state index contributed by atoms with van der Waals surface area (Å²) in [6.07, 6.45) is 3.03. The van der Waals surface area contributed by atoms with Gasteiger partial charge in [-0.1, -0.05) is 46.7 Å². The Morgan fingerprint density at radius 2 is 1.77 bits per heavy atom. The van der Waals surface area contributed by atoms with Gasteiger partial charge in [0.25, 0.3) is 0 Å². The Balaban J connectivity index is 2.12. The van der Waals surface area contributed by atoms with Gasteiger partial charge >= 0.3 is 0 Å². The molecule has 74 valence electrons. The first-order valence-corrected chi connectivity index (χ1v) is 5.94. The Morgan fingerprint density at radius 3 is 2.15 bits per heavy atom. The van der Waals surface area contributed by atoms with Crippen LogP contribution in [0.1, 0.15) is 33.6 Å². The van der Waals surface area contributed by atoms with Gasteiger partial charge in [-0.2, -0.15) is 0 Å². The van der Waals surface area contributed by atoms with E-state index in [1.165, 1.54) is 12.8 Å². The molecule has 0 aromatic carbocycles. The maximum absolute atomic E-state index is 2.49. The van der Waals surface area contributed by atoms with Crippen LogP contribution in [0.3, 0.4) is 0 Å². The Kier molecular flexibility index (Phi) is 2.05. The van der Waals surface area contributed by atoms with Gasteiger partial charge in [-0.15, -0.1) is 0 Å². The molecular formula is C12H23B. The molecular weight excluding hydrogens is 155 g/mol. The Morgan fingerprint density at radius 1 is 1.15 bits per heavy atom. The maximum atomic E-state index is 2.49. The monoisotopic (exact) mass is 178 g/mol. The van der Waals surface area contributed by atoms with Crippen molar-refractivity contribution in [3.63, 3.8) is 0 Å². The molecule has 3 saturated carbocycles. The summed E-state index contributed by atoms with van der Waals surface area (Å²) in [5.41, 5.74) is 0.671. The van der Waals surface area contributed by atoms with Crippen molar-refractivity contribution < 1.29 is 0 Å². The first-order valence-electron chi connectivity index (χ1n) is 5.94. The molecule has 0 radical (unpaired) electrons. The van der Waals surface area contributed by atoms with E-state index in [1.807, 2.05) is 0 Å². The van der Waals surface area contributed by atoms with Gasteiger partial charge in [0.05, 0.1) is 0 Å². The van der Waals surface area contributed by atoms with Gasteiger partial charge in [0.2, 0.25) is 0 Å². The normalized spacial score (nSPS) is 46.8. The minimum absolute atomic E-state index is 0.671. The lowest BCUT2D eigenvalue weighted by molar-refractivity contribution is -0.0990. The molecule has 0 aliphatic heterocycles. The zero-order chi connectivity index (χ0) is 9.80. The maximum Gasteiger partial charge on any atom is 0.137 e. The van der Waals surface area contributed by atoms with E-state index in [0.717, 1.165) is 30.3 Å². The molecule has 3 aliphatic rings. The lowest BCUT2D eigenvalue weighted by Crippen LogP contribution is -2.55. The van der Waals surface area contributed by atoms with E-state index < -0.39 is 0 Å². The van der Waals surface area contributed by atoms with Crippen molar-refractivity contribution in [2.45, 2.75) is 53.1 Å². The van der Waals surface area contributed by atoms with Crippen molar-refractivity contribution in [2.75, 3.05) is 0 Å². The second kappa shape index (κ2) is 2.78. The summed E-state index contributed by atoms with van der Waals surface area (Å²) in [7, 11) is 0. The van der Waals surface area contributed by atoms with Crippen LogP contribution in [0.15, 0.2) is 0 Å². The molecule has 0 aromatic rings. The van der Waals surface area contributed by atoms with Crippen molar-refractivity contribution in [1.29, 1.82) is 0 Å². The Labute approximate surface area is 83.6 Å². The van der Waals surface area contributed by atoms with E-state index in [9.17, 15) is 0 Å². The van der Waals surface area contributed by atoms with Gasteiger partial charge in [0.15, 0.2) is 0 Å². The number of hydrogen-bond donors (Lipinski definition) is 0. The van der Waals surface area contributed by atoms with E-state index >= 15 is 0 Å². The summed E-state index contributed by atoms with van der Waals surface area (Å²) in [6, 6.07) is 0. The van der Waals surface area contributed by atoms with Crippen LogP contribution in [-0.2, 0) is 0 Å². The molecule has 1 heteroatoms. The van der Waals surface area contributed by atoms with Crippen molar-refractivity contribution in [1.82, 2.24) is 0 Å². The smallest absolute Gasteiger partial charge is 0.0861 e. The SMILES string of the molecule is CB(C)[C@@H]1C[C@@H]2C[C@H]([C@H]1C)C2(C)C. The fourth-order valence-corrected chi connectivity index (χ4v) is 4.07. The van der Waals surface area contributed by atoms with Crippen LogP contribution in [0.2, 0.25) is 19.5 Å². The summed E-state index contributed by atoms with van der Waals surface area (Å²) in [5.74, 6) is 4.05. The van der Waals surface area contributed by atoms with Crippen LogP contribution < -0.4 is 0 Å². The fraction of sp³-hybridized carbons (Fsp3) is 1.00. The van der Waals surface area contributed by atoms with Crippen molar-refractivity contribution >= 4 is 6.71 Å². The standard InChI is InChI=1S/C12H23B/c1-8-10-6-9(12(10,2)3)7-11(8)13(4)5/h8-11H,6-7H2,1-5H3/t8-,9+,10-,11-/m1/s1. The first-order chi connectivity index (χ1) is 5.94. The summed E-state index contributed by atoms with van der Waals surface area (Å²) in [6.45, 7) is 13.2. The van der Waals surface area contributed by atoms with E-state index in [4.69, 9.17) is 0 Å². The Bertz CT molecular complexity index is 205. The second-order valence-corrected chi connectivity index (χ2v) is 6.36. The molecule has 0 aromatic heterocycles. The van der Waals surface area contributed by atoms with E-state index in [-0.39, 0.29) is 0 Å². The molecule has 3 rings (SSSR count). The van der Waals surface area contributed by atoms with Crippen LogP contribution in [0, 0.1) is 23.2 Å². The largest absolute Gasteiger partial charge is 0.137 e. The molecule has 13 heavy (non-hydrogen) atoms. The van der Waals surface area contributed by atoms with Crippen LogP contribution in [0.5, 0.6) is 0 Å². The molecule has 0 nitrogen and oxygen atoms in total. The molecule has 0 heterocycles. The summed E-state index contributed by atoms with van der Waals surface area (Å²) >= 11 is 0. The van der Waals surface area contributed by atoms with Gasteiger partial charge in [-0.05, 0) is 29.6 Å². The zero-order valence-electron chi connectivity index (χ0n) is 9.80. The molecule has 2 bridgehead atoms. The summed E-state index contributed by atoms with van der Waals surface area (Å²) in [5, 5.41) is 0. The van der Waals surface area contributed by atoms with Crippen molar-refractivity contribution in [3.8, 4) is 0 Å². The van der Waals surface area contributed by atoms with Crippen LogP contribution in [0.4, 0.5) is 0 Å². The van der Waals surface area contributed by atoms with E-state index in [1.54, 1.807) is 0 Å². The van der Waals surface area contributed by atoms with Gasteiger partial charge < -0.3 is 0 Å². The minimum Gasteiger partial charge on any atom is -0.0861 e. The second-order valence-electron chi connectivity index (χ2n) is 6.36. The highest BCUT2D eigenvalue weighted by atomic mass is 14.6. The molecule has 0 unspecified atom stereocenters. The van der Waals surface area contributed by atoms with Crippen molar-refractivity contribution in [2.24, 2.45) is 23.2 Å². The zero-order valence-corrected chi connectivity index (χ0v) is 9.80. The van der Waals surface area contributed by atoms with Gasteiger partial charge in [0, 0.05) is 0 Å². The van der Waals surface area contributed by atoms with Gasteiger partial charge in [-0.3, -0.25) is 0 Å². The van der Waals surface area contributed by atoms with Crippen LogP contribution in [0.25, 0.3) is 0 Å². The first kappa shape index (κ1) is 9.61. The molecule has 3 fully saturated rings. The average molecular weight is 178 g/mol.